The third-order valence-electron chi connectivity index (χ3n) is 3.37. The first kappa shape index (κ1) is 16.4. The van der Waals surface area contributed by atoms with Gasteiger partial charge in [0.05, 0.1) is 0 Å². The van der Waals surface area contributed by atoms with Crippen molar-refractivity contribution in [1.29, 1.82) is 0 Å². The van der Waals surface area contributed by atoms with E-state index >= 15 is 0 Å². The van der Waals surface area contributed by atoms with E-state index in [2.05, 4.69) is 4.99 Å². The molecule has 0 saturated carbocycles. The van der Waals surface area contributed by atoms with E-state index in [-0.39, 0.29) is 16.9 Å². The monoisotopic (exact) mass is 317 g/mol. The van der Waals surface area contributed by atoms with Gasteiger partial charge < -0.3 is 10.2 Å². The number of nitrogens with zero attached hydrogens (tertiary/aromatic N) is 1. The van der Waals surface area contributed by atoms with E-state index in [9.17, 15) is 10.2 Å². The van der Waals surface area contributed by atoms with Gasteiger partial charge in [-0.15, -0.1) is 0 Å². The van der Waals surface area contributed by atoms with Gasteiger partial charge in [0.25, 0.3) is 0 Å². The van der Waals surface area contributed by atoms with Crippen LogP contribution in [0.1, 0.15) is 37.5 Å². The van der Waals surface area contributed by atoms with Crippen LogP contribution in [-0.2, 0) is 5.41 Å². The fourth-order valence-corrected chi connectivity index (χ4v) is 2.38. The van der Waals surface area contributed by atoms with Crippen LogP contribution >= 0.6 is 11.6 Å². The Hall–Kier alpha value is -2.00. The second-order valence-electron chi connectivity index (χ2n) is 6.39. The van der Waals surface area contributed by atoms with Gasteiger partial charge in [-0.3, -0.25) is 4.99 Å². The summed E-state index contributed by atoms with van der Waals surface area (Å²) in [4.78, 5) is 4.24. The molecular weight excluding hydrogens is 298 g/mol. The number of halogens is 1. The van der Waals surface area contributed by atoms with Gasteiger partial charge in [-0.25, -0.2) is 0 Å². The molecule has 2 aromatic rings. The molecule has 0 heterocycles. The minimum atomic E-state index is -0.170. The average Bonchev–Trinajstić information content (AvgIpc) is 2.41. The standard InChI is InChI=1S/C18H20ClNO2/c1-11-7-12(17(22)14(8-11)18(2,3)4)10-20-15-9-13(19)5-6-16(15)21/h5-10,21-22H,1-4H3. The predicted octanol–water partition coefficient (Wildman–Crippen LogP) is 5.11. The zero-order valence-electron chi connectivity index (χ0n) is 13.2. The van der Waals surface area contributed by atoms with E-state index in [0.717, 1.165) is 11.1 Å². The number of hydrogen-bond acceptors (Lipinski definition) is 3. The Bertz CT molecular complexity index is 731. The van der Waals surface area contributed by atoms with E-state index < -0.39 is 0 Å². The van der Waals surface area contributed by atoms with E-state index in [4.69, 9.17) is 11.6 Å². The number of phenols is 2. The largest absolute Gasteiger partial charge is 0.507 e. The Morgan fingerprint density at radius 1 is 1.09 bits per heavy atom. The second kappa shape index (κ2) is 6.01. The summed E-state index contributed by atoms with van der Waals surface area (Å²) in [5.74, 6) is 0.257. The Balaban J connectivity index is 2.48. The average molecular weight is 318 g/mol. The normalized spacial score (nSPS) is 12.0. The number of rotatable bonds is 2. The lowest BCUT2D eigenvalue weighted by molar-refractivity contribution is 0.445. The van der Waals surface area contributed by atoms with Crippen molar-refractivity contribution in [3.05, 3.63) is 52.0 Å². The van der Waals surface area contributed by atoms with Crippen molar-refractivity contribution >= 4 is 23.5 Å². The van der Waals surface area contributed by atoms with Crippen molar-refractivity contribution in [3.8, 4) is 11.5 Å². The van der Waals surface area contributed by atoms with Crippen LogP contribution < -0.4 is 0 Å². The summed E-state index contributed by atoms with van der Waals surface area (Å²) in [6, 6.07) is 8.49. The zero-order valence-corrected chi connectivity index (χ0v) is 13.9. The number of phenolic OH excluding ortho intramolecular Hbond substituents is 2. The van der Waals surface area contributed by atoms with Crippen molar-refractivity contribution < 1.29 is 10.2 Å². The highest BCUT2D eigenvalue weighted by atomic mass is 35.5. The van der Waals surface area contributed by atoms with Gasteiger partial charge in [0.1, 0.15) is 17.2 Å². The Morgan fingerprint density at radius 2 is 1.77 bits per heavy atom. The van der Waals surface area contributed by atoms with Crippen molar-refractivity contribution in [2.24, 2.45) is 4.99 Å². The molecule has 0 aliphatic heterocycles. The molecule has 4 heteroatoms. The van der Waals surface area contributed by atoms with Gasteiger partial charge in [0, 0.05) is 22.4 Å². The van der Waals surface area contributed by atoms with Gasteiger partial charge in [-0.05, 0) is 42.2 Å². The number of benzene rings is 2. The third kappa shape index (κ3) is 3.60. The second-order valence-corrected chi connectivity index (χ2v) is 6.83. The van der Waals surface area contributed by atoms with Crippen LogP contribution in [0, 0.1) is 6.92 Å². The van der Waals surface area contributed by atoms with Crippen LogP contribution in [0.2, 0.25) is 5.02 Å². The van der Waals surface area contributed by atoms with Crippen LogP contribution in [0.3, 0.4) is 0 Å². The van der Waals surface area contributed by atoms with Gasteiger partial charge in [0.15, 0.2) is 0 Å². The number of aliphatic imine (C=N–C) groups is 1. The number of aromatic hydroxyl groups is 2. The highest BCUT2D eigenvalue weighted by molar-refractivity contribution is 6.30. The molecule has 116 valence electrons. The number of hydrogen-bond donors (Lipinski definition) is 2. The maximum Gasteiger partial charge on any atom is 0.141 e. The first-order chi connectivity index (χ1) is 10.2. The molecule has 22 heavy (non-hydrogen) atoms. The van der Waals surface area contributed by atoms with Crippen molar-refractivity contribution in [2.75, 3.05) is 0 Å². The predicted molar refractivity (Wildman–Crippen MR) is 91.9 cm³/mol. The van der Waals surface area contributed by atoms with Crippen LogP contribution in [0.5, 0.6) is 11.5 Å². The molecule has 0 unspecified atom stereocenters. The lowest BCUT2D eigenvalue weighted by Crippen LogP contribution is -2.12. The molecule has 0 saturated heterocycles. The summed E-state index contributed by atoms with van der Waals surface area (Å²) < 4.78 is 0. The van der Waals surface area contributed by atoms with Crippen LogP contribution in [0.25, 0.3) is 0 Å². The summed E-state index contributed by atoms with van der Waals surface area (Å²) in [6.07, 6.45) is 1.54. The molecule has 0 bridgehead atoms. The molecule has 0 radical (unpaired) electrons. The fraction of sp³-hybridized carbons (Fsp3) is 0.278. The maximum absolute atomic E-state index is 10.5. The summed E-state index contributed by atoms with van der Waals surface area (Å²) in [7, 11) is 0. The highest BCUT2D eigenvalue weighted by Gasteiger charge is 2.20. The summed E-state index contributed by atoms with van der Waals surface area (Å²) in [5.41, 5.74) is 2.72. The zero-order chi connectivity index (χ0) is 16.5. The summed E-state index contributed by atoms with van der Waals surface area (Å²) >= 11 is 5.91. The van der Waals surface area contributed by atoms with Crippen molar-refractivity contribution in [3.63, 3.8) is 0 Å². The molecule has 0 atom stereocenters. The van der Waals surface area contributed by atoms with E-state index in [1.54, 1.807) is 18.3 Å². The van der Waals surface area contributed by atoms with Gasteiger partial charge in [-0.1, -0.05) is 38.4 Å². The molecule has 3 nitrogen and oxygen atoms in total. The molecule has 0 fully saturated rings. The Kier molecular flexibility index (Phi) is 4.47. The van der Waals surface area contributed by atoms with Gasteiger partial charge >= 0.3 is 0 Å². The van der Waals surface area contributed by atoms with E-state index in [1.807, 2.05) is 39.8 Å². The quantitative estimate of drug-likeness (QED) is 0.756. The van der Waals surface area contributed by atoms with Crippen molar-refractivity contribution in [2.45, 2.75) is 33.1 Å². The van der Waals surface area contributed by atoms with Crippen LogP contribution in [-0.4, -0.2) is 16.4 Å². The Labute approximate surface area is 135 Å². The van der Waals surface area contributed by atoms with Crippen molar-refractivity contribution in [1.82, 2.24) is 0 Å². The lowest BCUT2D eigenvalue weighted by Gasteiger charge is -2.22. The molecule has 0 spiro atoms. The molecule has 0 aromatic heterocycles. The third-order valence-corrected chi connectivity index (χ3v) is 3.61. The summed E-state index contributed by atoms with van der Waals surface area (Å²) in [6.45, 7) is 8.12. The molecule has 0 aliphatic rings. The molecule has 2 aromatic carbocycles. The first-order valence-corrected chi connectivity index (χ1v) is 7.43. The van der Waals surface area contributed by atoms with Gasteiger partial charge in [0.2, 0.25) is 0 Å². The SMILES string of the molecule is Cc1cc(C=Nc2cc(Cl)ccc2O)c(O)c(C(C)(C)C)c1. The molecule has 2 N–H and O–H groups in total. The molecule has 2 rings (SSSR count). The van der Waals surface area contributed by atoms with E-state index in [1.165, 1.54) is 6.07 Å². The minimum Gasteiger partial charge on any atom is -0.507 e. The number of aryl methyl sites for hydroxylation is 1. The van der Waals surface area contributed by atoms with E-state index in [0.29, 0.717) is 16.3 Å². The topological polar surface area (TPSA) is 52.8 Å². The lowest BCUT2D eigenvalue weighted by atomic mass is 9.84. The smallest absolute Gasteiger partial charge is 0.141 e. The minimum absolute atomic E-state index is 0.0452. The van der Waals surface area contributed by atoms with Crippen LogP contribution in [0.15, 0.2) is 35.3 Å². The molecular formula is C18H20ClNO2. The molecule has 0 aliphatic carbocycles. The van der Waals surface area contributed by atoms with Crippen LogP contribution in [0.4, 0.5) is 5.69 Å². The maximum atomic E-state index is 10.5. The highest BCUT2D eigenvalue weighted by Crippen LogP contribution is 2.34. The summed E-state index contributed by atoms with van der Waals surface area (Å²) in [5, 5.41) is 20.8. The Morgan fingerprint density at radius 3 is 2.41 bits per heavy atom. The molecule has 0 amide bonds. The first-order valence-electron chi connectivity index (χ1n) is 7.05. The fourth-order valence-electron chi connectivity index (χ4n) is 2.22. The van der Waals surface area contributed by atoms with Gasteiger partial charge in [-0.2, -0.15) is 0 Å².